The molecular formula is C15H28. The fourth-order valence-corrected chi connectivity index (χ4v) is 1.88. The van der Waals surface area contributed by atoms with Crippen LogP contribution in [0.1, 0.15) is 73.1 Å². The maximum Gasteiger partial charge on any atom is -0.0274 e. The molecule has 0 spiro atoms. The summed E-state index contributed by atoms with van der Waals surface area (Å²) in [7, 11) is 0. The van der Waals surface area contributed by atoms with E-state index in [0.29, 0.717) is 0 Å². The van der Waals surface area contributed by atoms with Gasteiger partial charge in [-0.1, -0.05) is 45.3 Å². The number of hydrogen-bond acceptors (Lipinski definition) is 0. The predicted molar refractivity (Wildman–Crippen MR) is 71.2 cm³/mol. The van der Waals surface area contributed by atoms with E-state index >= 15 is 0 Å². The zero-order chi connectivity index (χ0) is 11.7. The van der Waals surface area contributed by atoms with Gasteiger partial charge in [0.15, 0.2) is 0 Å². The van der Waals surface area contributed by atoms with Crippen LogP contribution in [-0.4, -0.2) is 0 Å². The average Bonchev–Trinajstić information content (AvgIpc) is 2.63. The van der Waals surface area contributed by atoms with Gasteiger partial charge >= 0.3 is 0 Å². The lowest BCUT2D eigenvalue weighted by molar-refractivity contribution is 0.915. The summed E-state index contributed by atoms with van der Waals surface area (Å²) in [5, 5.41) is 0. The van der Waals surface area contributed by atoms with Crippen LogP contribution in [0.5, 0.6) is 0 Å². The molecule has 88 valence electrons. The Morgan fingerprint density at radius 3 is 2.20 bits per heavy atom. The van der Waals surface area contributed by atoms with E-state index in [2.05, 4.69) is 40.7 Å². The lowest BCUT2D eigenvalue weighted by Gasteiger charge is -2.03. The van der Waals surface area contributed by atoms with Crippen LogP contribution < -0.4 is 0 Å². The van der Waals surface area contributed by atoms with E-state index < -0.39 is 0 Å². The van der Waals surface area contributed by atoms with Gasteiger partial charge in [-0.25, -0.2) is 0 Å². The fourth-order valence-electron chi connectivity index (χ4n) is 1.88. The van der Waals surface area contributed by atoms with Crippen LogP contribution in [0.15, 0.2) is 22.8 Å². The highest BCUT2D eigenvalue weighted by Crippen LogP contribution is 2.32. The largest absolute Gasteiger partial charge is 0.0811 e. The Kier molecular flexibility index (Phi) is 8.46. The molecule has 0 aliphatic heterocycles. The smallest absolute Gasteiger partial charge is 0.0274 e. The maximum atomic E-state index is 2.44. The Hall–Kier alpha value is -0.520. The average molecular weight is 208 g/mol. The maximum absolute atomic E-state index is 2.44. The summed E-state index contributed by atoms with van der Waals surface area (Å²) < 4.78 is 0. The van der Waals surface area contributed by atoms with E-state index in [-0.39, 0.29) is 0 Å². The second-order valence-electron chi connectivity index (χ2n) is 4.56. The summed E-state index contributed by atoms with van der Waals surface area (Å²) in [4.78, 5) is 0. The molecule has 0 aromatic rings. The van der Waals surface area contributed by atoms with Gasteiger partial charge in [0.1, 0.15) is 0 Å². The van der Waals surface area contributed by atoms with E-state index in [4.69, 9.17) is 0 Å². The number of unbranched alkanes of at least 4 members (excludes halogenated alkanes) is 1. The molecule has 1 aliphatic carbocycles. The summed E-state index contributed by atoms with van der Waals surface area (Å²) in [6.45, 7) is 11.0. The highest BCUT2D eigenvalue weighted by atomic mass is 14.2. The topological polar surface area (TPSA) is 0 Å². The summed E-state index contributed by atoms with van der Waals surface area (Å²) in [6, 6.07) is 0. The minimum atomic E-state index is 1.25. The van der Waals surface area contributed by atoms with Crippen LogP contribution in [0.4, 0.5) is 0 Å². The molecule has 0 saturated heterocycles. The van der Waals surface area contributed by atoms with Crippen molar-refractivity contribution in [2.75, 3.05) is 0 Å². The lowest BCUT2D eigenvalue weighted by atomic mass is 10.0. The van der Waals surface area contributed by atoms with Crippen LogP contribution in [0.2, 0.25) is 0 Å². The molecule has 0 bridgehead atoms. The van der Waals surface area contributed by atoms with Crippen molar-refractivity contribution in [1.29, 1.82) is 0 Å². The number of allylic oxidation sites excluding steroid dienone is 4. The molecule has 0 unspecified atom stereocenters. The normalized spacial score (nSPS) is 17.7. The Morgan fingerprint density at radius 1 is 1.13 bits per heavy atom. The quantitative estimate of drug-likeness (QED) is 0.550. The molecule has 0 heterocycles. The molecule has 15 heavy (non-hydrogen) atoms. The van der Waals surface area contributed by atoms with Crippen molar-refractivity contribution in [3.05, 3.63) is 22.8 Å². The first-order chi connectivity index (χ1) is 7.17. The van der Waals surface area contributed by atoms with Crippen LogP contribution in [-0.2, 0) is 0 Å². The standard InChI is InChI=1S/C12H20.C3H8/c1-4-5-7-11-8-6-9-12(11)10(2)3;1-3-2/h7H,4-6,8-9H2,1-3H3;3H2,1-2H3/b11-7-;. The van der Waals surface area contributed by atoms with E-state index in [1.54, 1.807) is 11.1 Å². The van der Waals surface area contributed by atoms with E-state index in [1.165, 1.54) is 44.1 Å². The first-order valence-corrected chi connectivity index (χ1v) is 6.53. The summed E-state index contributed by atoms with van der Waals surface area (Å²) in [6.07, 6.45) is 10.2. The molecule has 0 nitrogen and oxygen atoms in total. The van der Waals surface area contributed by atoms with Crippen LogP contribution >= 0.6 is 0 Å². The first kappa shape index (κ1) is 14.5. The number of hydrogen-bond donors (Lipinski definition) is 0. The Balaban J connectivity index is 0.000000583. The van der Waals surface area contributed by atoms with Gasteiger partial charge in [-0.15, -0.1) is 0 Å². The van der Waals surface area contributed by atoms with Crippen molar-refractivity contribution in [2.45, 2.75) is 73.1 Å². The highest BCUT2D eigenvalue weighted by molar-refractivity contribution is 5.37. The third-order valence-electron chi connectivity index (χ3n) is 2.54. The third kappa shape index (κ3) is 5.81. The first-order valence-electron chi connectivity index (χ1n) is 6.53. The molecule has 1 aliphatic rings. The van der Waals surface area contributed by atoms with Gasteiger partial charge in [0.25, 0.3) is 0 Å². The van der Waals surface area contributed by atoms with Gasteiger partial charge in [-0.2, -0.15) is 0 Å². The lowest BCUT2D eigenvalue weighted by Crippen LogP contribution is -1.82. The monoisotopic (exact) mass is 208 g/mol. The van der Waals surface area contributed by atoms with Gasteiger partial charge in [0, 0.05) is 0 Å². The van der Waals surface area contributed by atoms with Crippen molar-refractivity contribution in [2.24, 2.45) is 0 Å². The summed E-state index contributed by atoms with van der Waals surface area (Å²) in [5.41, 5.74) is 4.80. The molecule has 0 atom stereocenters. The third-order valence-corrected chi connectivity index (χ3v) is 2.54. The molecular weight excluding hydrogens is 180 g/mol. The van der Waals surface area contributed by atoms with Crippen LogP contribution in [0, 0.1) is 0 Å². The Labute approximate surface area is 96.5 Å². The summed E-state index contributed by atoms with van der Waals surface area (Å²) in [5.74, 6) is 0. The molecule has 1 saturated carbocycles. The van der Waals surface area contributed by atoms with Crippen LogP contribution in [0.3, 0.4) is 0 Å². The van der Waals surface area contributed by atoms with Gasteiger partial charge in [-0.05, 0) is 50.7 Å². The van der Waals surface area contributed by atoms with Crippen molar-refractivity contribution in [3.8, 4) is 0 Å². The minimum absolute atomic E-state index is 1.25. The van der Waals surface area contributed by atoms with Gasteiger partial charge in [-0.3, -0.25) is 0 Å². The predicted octanol–water partition coefficient (Wildman–Crippen LogP) is 5.65. The fraction of sp³-hybridized carbons (Fsp3) is 0.733. The minimum Gasteiger partial charge on any atom is -0.0811 e. The summed E-state index contributed by atoms with van der Waals surface area (Å²) >= 11 is 0. The second-order valence-corrected chi connectivity index (χ2v) is 4.56. The van der Waals surface area contributed by atoms with Crippen molar-refractivity contribution in [3.63, 3.8) is 0 Å². The van der Waals surface area contributed by atoms with Crippen LogP contribution in [0.25, 0.3) is 0 Å². The van der Waals surface area contributed by atoms with Crippen molar-refractivity contribution < 1.29 is 0 Å². The molecule has 1 fully saturated rings. The van der Waals surface area contributed by atoms with Gasteiger partial charge in [0.05, 0.1) is 0 Å². The molecule has 0 heteroatoms. The molecule has 0 N–H and O–H groups in total. The molecule has 0 aromatic heterocycles. The SMILES string of the molecule is CCC.CCC/C=C1/CCCC1=C(C)C. The van der Waals surface area contributed by atoms with Crippen molar-refractivity contribution >= 4 is 0 Å². The zero-order valence-electron chi connectivity index (χ0n) is 11.3. The molecule has 0 amide bonds. The Bertz CT molecular complexity index is 214. The molecule has 0 radical (unpaired) electrons. The van der Waals surface area contributed by atoms with E-state index in [0.717, 1.165) is 0 Å². The highest BCUT2D eigenvalue weighted by Gasteiger charge is 2.13. The van der Waals surface area contributed by atoms with E-state index in [1.807, 2.05) is 0 Å². The Morgan fingerprint density at radius 2 is 1.73 bits per heavy atom. The molecule has 0 aromatic carbocycles. The van der Waals surface area contributed by atoms with Gasteiger partial charge < -0.3 is 0 Å². The number of rotatable bonds is 2. The van der Waals surface area contributed by atoms with Crippen molar-refractivity contribution in [1.82, 2.24) is 0 Å². The molecule has 1 rings (SSSR count). The van der Waals surface area contributed by atoms with Gasteiger partial charge in [0.2, 0.25) is 0 Å². The second kappa shape index (κ2) is 8.76. The van der Waals surface area contributed by atoms with E-state index in [9.17, 15) is 0 Å². The zero-order valence-corrected chi connectivity index (χ0v) is 11.3.